The summed E-state index contributed by atoms with van der Waals surface area (Å²) in [6, 6.07) is 17.7. The summed E-state index contributed by atoms with van der Waals surface area (Å²) < 4.78 is 19.1. The standard InChI is InChI=1S/C19H20NO2P/c1-3-10-17-16-13-8-9-14-18(16)23(21,22-4-2)20-19(17)15-11-6-5-7-12-15/h3,5-9,11-14H,1,4,10H2,2H3,(H,20,21). The molecule has 2 aromatic carbocycles. The summed E-state index contributed by atoms with van der Waals surface area (Å²) in [7, 11) is -3.13. The fraction of sp³-hybridized carbons (Fsp3) is 0.158. The average molecular weight is 325 g/mol. The second kappa shape index (κ2) is 6.57. The van der Waals surface area contributed by atoms with Crippen molar-refractivity contribution < 1.29 is 9.09 Å². The molecule has 0 aromatic heterocycles. The molecule has 1 aliphatic rings. The zero-order valence-electron chi connectivity index (χ0n) is 13.2. The van der Waals surface area contributed by atoms with Gasteiger partial charge in [0.1, 0.15) is 0 Å². The zero-order valence-corrected chi connectivity index (χ0v) is 14.1. The predicted molar refractivity (Wildman–Crippen MR) is 96.5 cm³/mol. The molecule has 0 aliphatic carbocycles. The van der Waals surface area contributed by atoms with Crippen molar-refractivity contribution in [3.63, 3.8) is 0 Å². The van der Waals surface area contributed by atoms with Crippen LogP contribution in [0.4, 0.5) is 0 Å². The van der Waals surface area contributed by atoms with Crippen LogP contribution in [0.15, 0.2) is 67.3 Å². The van der Waals surface area contributed by atoms with E-state index >= 15 is 0 Å². The van der Waals surface area contributed by atoms with Crippen molar-refractivity contribution in [3.05, 3.63) is 78.4 Å². The minimum Gasteiger partial charge on any atom is -0.311 e. The van der Waals surface area contributed by atoms with Crippen LogP contribution in [0.2, 0.25) is 0 Å². The number of allylic oxidation sites excluding steroid dienone is 2. The molecule has 0 amide bonds. The number of hydrogen-bond donors (Lipinski definition) is 1. The molecular formula is C19H20NO2P. The topological polar surface area (TPSA) is 38.3 Å². The van der Waals surface area contributed by atoms with Gasteiger partial charge in [-0.25, -0.2) is 0 Å². The number of fused-ring (bicyclic) bond motifs is 1. The van der Waals surface area contributed by atoms with Crippen molar-refractivity contribution in [2.75, 3.05) is 6.61 Å². The molecule has 1 aliphatic heterocycles. The average Bonchev–Trinajstić information content (AvgIpc) is 2.59. The van der Waals surface area contributed by atoms with Crippen LogP contribution in [0.5, 0.6) is 0 Å². The maximum absolute atomic E-state index is 13.4. The van der Waals surface area contributed by atoms with Crippen molar-refractivity contribution in [1.29, 1.82) is 0 Å². The Kier molecular flexibility index (Phi) is 4.51. The first-order chi connectivity index (χ1) is 11.2. The van der Waals surface area contributed by atoms with Crippen LogP contribution in [-0.4, -0.2) is 6.61 Å². The summed E-state index contributed by atoms with van der Waals surface area (Å²) in [5.41, 5.74) is 3.93. The highest BCUT2D eigenvalue weighted by Crippen LogP contribution is 2.50. The fourth-order valence-corrected chi connectivity index (χ4v) is 4.93. The van der Waals surface area contributed by atoms with E-state index in [2.05, 4.69) is 11.7 Å². The zero-order chi connectivity index (χ0) is 16.3. The SMILES string of the molecule is C=CCC1=C(c2ccccc2)NP(=O)(OCC)c2ccccc21. The molecule has 1 N–H and O–H groups in total. The van der Waals surface area contributed by atoms with E-state index in [1.807, 2.05) is 67.6 Å². The van der Waals surface area contributed by atoms with E-state index in [9.17, 15) is 4.57 Å². The van der Waals surface area contributed by atoms with E-state index in [0.29, 0.717) is 13.0 Å². The minimum atomic E-state index is -3.13. The van der Waals surface area contributed by atoms with E-state index in [4.69, 9.17) is 4.52 Å². The highest BCUT2D eigenvalue weighted by Gasteiger charge is 2.35. The van der Waals surface area contributed by atoms with Gasteiger partial charge in [-0.2, -0.15) is 0 Å². The molecule has 1 heterocycles. The third kappa shape index (κ3) is 2.90. The van der Waals surface area contributed by atoms with Gasteiger partial charge >= 0.3 is 7.52 Å². The molecule has 3 rings (SSSR count). The van der Waals surface area contributed by atoms with Crippen molar-refractivity contribution in [2.45, 2.75) is 13.3 Å². The van der Waals surface area contributed by atoms with E-state index in [0.717, 1.165) is 27.7 Å². The summed E-state index contributed by atoms with van der Waals surface area (Å²) in [5, 5.41) is 3.94. The molecule has 0 bridgehead atoms. The largest absolute Gasteiger partial charge is 0.324 e. The Morgan fingerprint density at radius 3 is 2.52 bits per heavy atom. The summed E-state index contributed by atoms with van der Waals surface area (Å²) >= 11 is 0. The monoisotopic (exact) mass is 325 g/mol. The molecule has 0 fully saturated rings. The Morgan fingerprint density at radius 2 is 1.83 bits per heavy atom. The van der Waals surface area contributed by atoms with Gasteiger partial charge in [0.15, 0.2) is 0 Å². The lowest BCUT2D eigenvalue weighted by atomic mass is 9.97. The quantitative estimate of drug-likeness (QED) is 0.645. The lowest BCUT2D eigenvalue weighted by molar-refractivity contribution is 0.336. The smallest absolute Gasteiger partial charge is 0.311 e. The van der Waals surface area contributed by atoms with Crippen LogP contribution in [0.3, 0.4) is 0 Å². The Balaban J connectivity index is 2.26. The summed E-state index contributed by atoms with van der Waals surface area (Å²) in [6.07, 6.45) is 2.56. The van der Waals surface area contributed by atoms with E-state index in [-0.39, 0.29) is 0 Å². The van der Waals surface area contributed by atoms with Gasteiger partial charge in [-0.05, 0) is 36.1 Å². The second-order valence-corrected chi connectivity index (χ2v) is 7.38. The lowest BCUT2D eigenvalue weighted by Gasteiger charge is -2.31. The first-order valence-electron chi connectivity index (χ1n) is 7.72. The Hall–Kier alpha value is -2.09. The van der Waals surface area contributed by atoms with Gasteiger partial charge < -0.3 is 9.61 Å². The summed E-state index contributed by atoms with van der Waals surface area (Å²) in [6.45, 7) is 6.11. The van der Waals surface area contributed by atoms with E-state index in [1.54, 1.807) is 0 Å². The lowest BCUT2D eigenvalue weighted by Crippen LogP contribution is -2.28. The molecule has 0 saturated carbocycles. The number of hydrogen-bond acceptors (Lipinski definition) is 2. The van der Waals surface area contributed by atoms with Crippen molar-refractivity contribution in [3.8, 4) is 0 Å². The van der Waals surface area contributed by atoms with Crippen molar-refractivity contribution in [2.24, 2.45) is 0 Å². The van der Waals surface area contributed by atoms with Gasteiger partial charge in [0.2, 0.25) is 0 Å². The normalized spacial score (nSPS) is 19.9. The molecule has 0 radical (unpaired) electrons. The molecule has 4 heteroatoms. The Bertz CT molecular complexity index is 796. The summed E-state index contributed by atoms with van der Waals surface area (Å²) in [5.74, 6) is 0. The van der Waals surface area contributed by atoms with Crippen LogP contribution in [0.25, 0.3) is 11.3 Å². The molecule has 0 saturated heterocycles. The van der Waals surface area contributed by atoms with Gasteiger partial charge in [0.05, 0.1) is 17.6 Å². The first-order valence-corrected chi connectivity index (χ1v) is 9.34. The molecule has 3 nitrogen and oxygen atoms in total. The third-order valence-electron chi connectivity index (χ3n) is 3.83. The highest BCUT2D eigenvalue weighted by molar-refractivity contribution is 7.65. The number of benzene rings is 2. The van der Waals surface area contributed by atoms with Gasteiger partial charge in [0.25, 0.3) is 0 Å². The fourth-order valence-electron chi connectivity index (χ4n) is 2.88. The van der Waals surface area contributed by atoms with Crippen LogP contribution < -0.4 is 10.4 Å². The number of nitrogens with one attached hydrogen (secondary N) is 1. The van der Waals surface area contributed by atoms with Gasteiger partial charge in [0, 0.05) is 0 Å². The van der Waals surface area contributed by atoms with Crippen molar-refractivity contribution >= 4 is 24.1 Å². The molecule has 1 atom stereocenters. The first kappa shape index (κ1) is 15.8. The van der Waals surface area contributed by atoms with E-state index < -0.39 is 7.52 Å². The van der Waals surface area contributed by atoms with Gasteiger partial charge in [-0.3, -0.25) is 4.57 Å². The van der Waals surface area contributed by atoms with Crippen LogP contribution >= 0.6 is 7.52 Å². The van der Waals surface area contributed by atoms with Crippen LogP contribution in [-0.2, 0) is 9.09 Å². The minimum absolute atomic E-state index is 0.386. The van der Waals surface area contributed by atoms with Crippen LogP contribution in [0, 0.1) is 0 Å². The van der Waals surface area contributed by atoms with Gasteiger partial charge in [-0.15, -0.1) is 6.58 Å². The van der Waals surface area contributed by atoms with Crippen molar-refractivity contribution in [1.82, 2.24) is 5.09 Å². The highest BCUT2D eigenvalue weighted by atomic mass is 31.2. The molecule has 23 heavy (non-hydrogen) atoms. The molecule has 1 unspecified atom stereocenters. The maximum atomic E-state index is 13.4. The van der Waals surface area contributed by atoms with Gasteiger partial charge in [-0.1, -0.05) is 54.6 Å². The Morgan fingerprint density at radius 1 is 1.13 bits per heavy atom. The van der Waals surface area contributed by atoms with Crippen LogP contribution in [0.1, 0.15) is 24.5 Å². The predicted octanol–water partition coefficient (Wildman–Crippen LogP) is 4.59. The maximum Gasteiger partial charge on any atom is 0.324 e. The molecule has 2 aromatic rings. The summed E-state index contributed by atoms with van der Waals surface area (Å²) in [4.78, 5) is 0. The van der Waals surface area contributed by atoms with E-state index in [1.165, 1.54) is 0 Å². The molecular weight excluding hydrogens is 305 g/mol. The third-order valence-corrected chi connectivity index (χ3v) is 5.99. The molecule has 0 spiro atoms. The number of rotatable bonds is 5. The molecule has 118 valence electrons. The Labute approximate surface area is 137 Å². The second-order valence-electron chi connectivity index (χ2n) is 5.31.